The van der Waals surface area contributed by atoms with Crippen molar-refractivity contribution in [3.05, 3.63) is 12.7 Å². The molecule has 194 valence electrons. The summed E-state index contributed by atoms with van der Waals surface area (Å²) in [5.41, 5.74) is 8.06. The summed E-state index contributed by atoms with van der Waals surface area (Å²) in [5.74, 6) is 0.563. The fraction of sp³-hybridized carbons (Fsp3) is 0.792. The number of imidazole rings is 1. The van der Waals surface area contributed by atoms with Crippen LogP contribution in [0.5, 0.6) is 0 Å². The van der Waals surface area contributed by atoms with Gasteiger partial charge in [0.15, 0.2) is 11.5 Å². The van der Waals surface area contributed by atoms with Crippen LogP contribution in [0.25, 0.3) is 11.2 Å². The zero-order valence-corrected chi connectivity index (χ0v) is 24.2. The number of aromatic nitrogens is 4. The molecule has 2 aliphatic carbocycles. The van der Waals surface area contributed by atoms with Crippen LogP contribution in [-0.2, 0) is 13.0 Å². The lowest BCUT2D eigenvalue weighted by molar-refractivity contribution is -0.0476. The predicted molar refractivity (Wildman–Crippen MR) is 139 cm³/mol. The van der Waals surface area contributed by atoms with Crippen molar-refractivity contribution in [2.24, 2.45) is 11.3 Å². The summed E-state index contributed by atoms with van der Waals surface area (Å²) in [4.78, 5) is 13.0. The number of hydrogen-bond donors (Lipinski definition) is 2. The van der Waals surface area contributed by atoms with E-state index < -0.39 is 23.2 Å². The Morgan fingerprint density at radius 1 is 1.00 bits per heavy atom. The van der Waals surface area contributed by atoms with Crippen molar-refractivity contribution in [1.29, 1.82) is 0 Å². The standard InChI is InChI=1S/C24H41N5O4Si2/c1-13(2)34(14(3)4)31-10-24-9-17(24)19(29-12-28-18-22(25)26-11-27-23(18)29)20(30)21(24)32-35(33-34,15(5)6)16(7)8/h11-17,19-21,30H,9-10H2,1-8H3,(H2,25,26,27)/t17-,19-,20?,21-,24+/m1/s1. The van der Waals surface area contributed by atoms with Crippen LogP contribution in [0.4, 0.5) is 5.82 Å². The van der Waals surface area contributed by atoms with Crippen molar-refractivity contribution in [2.45, 2.75) is 102 Å². The monoisotopic (exact) mass is 519 g/mol. The molecule has 3 fully saturated rings. The molecule has 35 heavy (non-hydrogen) atoms. The van der Waals surface area contributed by atoms with Gasteiger partial charge in [0.1, 0.15) is 17.9 Å². The van der Waals surface area contributed by atoms with E-state index >= 15 is 0 Å². The highest BCUT2D eigenvalue weighted by atomic mass is 28.5. The van der Waals surface area contributed by atoms with Crippen molar-refractivity contribution in [2.75, 3.05) is 12.3 Å². The Morgan fingerprint density at radius 2 is 1.63 bits per heavy atom. The Labute approximate surface area is 210 Å². The Kier molecular flexibility index (Phi) is 6.01. The van der Waals surface area contributed by atoms with Crippen LogP contribution in [0.15, 0.2) is 12.7 Å². The van der Waals surface area contributed by atoms with Gasteiger partial charge in [0, 0.05) is 12.0 Å². The Balaban J connectivity index is 1.61. The smallest absolute Gasteiger partial charge is 0.335 e. The lowest BCUT2D eigenvalue weighted by atomic mass is 10.0. The first-order valence-electron chi connectivity index (χ1n) is 13.0. The number of nitrogen functional groups attached to an aromatic ring is 1. The summed E-state index contributed by atoms with van der Waals surface area (Å²) >= 11 is 0. The average molecular weight is 520 g/mol. The highest BCUT2D eigenvalue weighted by molar-refractivity contribution is 6.84. The van der Waals surface area contributed by atoms with E-state index in [2.05, 4.69) is 70.3 Å². The first-order chi connectivity index (χ1) is 16.4. The number of aliphatic hydroxyl groups excluding tert-OH is 1. The van der Waals surface area contributed by atoms with Gasteiger partial charge in [-0.2, -0.15) is 0 Å². The molecule has 0 aromatic carbocycles. The minimum atomic E-state index is -2.80. The van der Waals surface area contributed by atoms with Gasteiger partial charge in [-0.3, -0.25) is 0 Å². The molecule has 1 saturated heterocycles. The second-order valence-electron chi connectivity index (χ2n) is 12.1. The second-order valence-corrected chi connectivity index (χ2v) is 20.9. The van der Waals surface area contributed by atoms with Gasteiger partial charge in [0.25, 0.3) is 0 Å². The first kappa shape index (κ1) is 25.3. The van der Waals surface area contributed by atoms with Crippen LogP contribution in [0, 0.1) is 11.3 Å². The molecular weight excluding hydrogens is 478 g/mol. The fourth-order valence-corrected chi connectivity index (χ4v) is 18.3. The van der Waals surface area contributed by atoms with E-state index in [-0.39, 0.29) is 34.6 Å². The minimum absolute atomic E-state index is 0.207. The molecule has 2 aromatic rings. The quantitative estimate of drug-likeness (QED) is 0.562. The van der Waals surface area contributed by atoms with E-state index in [9.17, 15) is 5.11 Å². The maximum Gasteiger partial charge on any atom is 0.335 e. The van der Waals surface area contributed by atoms with E-state index in [1.807, 2.05) is 4.57 Å². The SMILES string of the molecule is CC(C)[Si]1(C(C)C)OC[C@@]23C[C@@H]2[C@@H](n2cnc4c(N)ncnc42)C(O)[C@H]3O[Si](C(C)C)(C(C)C)O1. The first-order valence-corrected chi connectivity index (χ1v) is 17.0. The van der Waals surface area contributed by atoms with Crippen molar-refractivity contribution in [3.8, 4) is 0 Å². The molecule has 3 heterocycles. The Bertz CT molecular complexity index is 1090. The molecule has 2 saturated carbocycles. The van der Waals surface area contributed by atoms with Gasteiger partial charge >= 0.3 is 17.1 Å². The molecule has 11 heteroatoms. The van der Waals surface area contributed by atoms with Crippen LogP contribution >= 0.6 is 0 Å². The van der Waals surface area contributed by atoms with Gasteiger partial charge in [-0.15, -0.1) is 0 Å². The molecule has 0 radical (unpaired) electrons. The molecule has 3 aliphatic rings. The minimum Gasteiger partial charge on any atom is -0.414 e. The topological polar surface area (TPSA) is 118 Å². The van der Waals surface area contributed by atoms with Gasteiger partial charge in [-0.25, -0.2) is 15.0 Å². The lowest BCUT2D eigenvalue weighted by Crippen LogP contribution is -2.65. The Hall–Kier alpha value is -1.38. The summed E-state index contributed by atoms with van der Waals surface area (Å²) in [6.07, 6.45) is 3.07. The van der Waals surface area contributed by atoms with Crippen LogP contribution in [0.2, 0.25) is 22.2 Å². The highest BCUT2D eigenvalue weighted by Gasteiger charge is 2.75. The number of rotatable bonds is 5. The second kappa shape index (κ2) is 8.32. The number of aliphatic hydroxyl groups is 1. The van der Waals surface area contributed by atoms with Gasteiger partial charge in [-0.05, 0) is 34.5 Å². The molecule has 1 unspecified atom stereocenters. The van der Waals surface area contributed by atoms with Gasteiger partial charge in [0.2, 0.25) is 0 Å². The van der Waals surface area contributed by atoms with Crippen LogP contribution in [0.3, 0.4) is 0 Å². The maximum atomic E-state index is 11.8. The normalized spacial score (nSPS) is 33.9. The number of hydrogen-bond acceptors (Lipinski definition) is 8. The molecule has 3 N–H and O–H groups in total. The molecule has 0 bridgehead atoms. The molecule has 1 spiro atoms. The molecule has 5 rings (SSSR count). The third-order valence-corrected chi connectivity index (χ3v) is 19.1. The number of anilines is 1. The molecule has 2 aromatic heterocycles. The molecular formula is C24H41N5O4Si2. The molecule has 5 atom stereocenters. The maximum absolute atomic E-state index is 11.8. The van der Waals surface area contributed by atoms with Crippen LogP contribution < -0.4 is 5.73 Å². The van der Waals surface area contributed by atoms with Crippen molar-refractivity contribution in [1.82, 2.24) is 19.5 Å². The van der Waals surface area contributed by atoms with E-state index in [0.717, 1.165) is 6.42 Å². The molecule has 9 nitrogen and oxygen atoms in total. The van der Waals surface area contributed by atoms with E-state index in [0.29, 0.717) is 34.7 Å². The van der Waals surface area contributed by atoms with E-state index in [4.69, 9.17) is 18.7 Å². The van der Waals surface area contributed by atoms with Crippen molar-refractivity contribution in [3.63, 3.8) is 0 Å². The average Bonchev–Trinajstić information content (AvgIpc) is 3.24. The molecule has 0 amide bonds. The van der Waals surface area contributed by atoms with Crippen molar-refractivity contribution < 1.29 is 18.1 Å². The van der Waals surface area contributed by atoms with Gasteiger partial charge in [0.05, 0.1) is 18.5 Å². The summed E-state index contributed by atoms with van der Waals surface area (Å²) in [7, 11) is -5.42. The summed E-state index contributed by atoms with van der Waals surface area (Å²) in [5, 5.41) is 11.8. The molecule has 1 aliphatic heterocycles. The van der Waals surface area contributed by atoms with E-state index in [1.165, 1.54) is 6.33 Å². The third kappa shape index (κ3) is 3.42. The largest absolute Gasteiger partial charge is 0.414 e. The van der Waals surface area contributed by atoms with Gasteiger partial charge < -0.3 is 28.4 Å². The number of fused-ring (bicyclic) bond motifs is 1. The van der Waals surface area contributed by atoms with Crippen molar-refractivity contribution >= 4 is 34.1 Å². The summed E-state index contributed by atoms with van der Waals surface area (Å²) in [6, 6.07) is -0.207. The summed E-state index contributed by atoms with van der Waals surface area (Å²) in [6.45, 7) is 18.4. The van der Waals surface area contributed by atoms with Crippen LogP contribution in [0.1, 0.15) is 67.9 Å². The summed E-state index contributed by atoms with van der Waals surface area (Å²) < 4.78 is 23.5. The Morgan fingerprint density at radius 3 is 2.23 bits per heavy atom. The number of nitrogens with zero attached hydrogens (tertiary/aromatic N) is 4. The predicted octanol–water partition coefficient (Wildman–Crippen LogP) is 4.29. The highest BCUT2D eigenvalue weighted by Crippen LogP contribution is 2.70. The third-order valence-electron chi connectivity index (χ3n) is 8.94. The number of nitrogens with two attached hydrogens (primary N) is 1. The van der Waals surface area contributed by atoms with Gasteiger partial charge in [-0.1, -0.05) is 55.4 Å². The van der Waals surface area contributed by atoms with Crippen LogP contribution in [-0.4, -0.2) is 60.6 Å². The van der Waals surface area contributed by atoms with E-state index in [1.54, 1.807) is 6.33 Å². The lowest BCUT2D eigenvalue weighted by Gasteiger charge is -2.52. The zero-order valence-electron chi connectivity index (χ0n) is 22.2. The fourth-order valence-electron chi connectivity index (χ4n) is 6.94. The zero-order chi connectivity index (χ0) is 25.5.